The molecule has 0 fully saturated rings. The van der Waals surface area contributed by atoms with Crippen molar-refractivity contribution in [3.8, 4) is 16.9 Å². The molecule has 0 atom stereocenters. The molecule has 3 aromatic rings. The predicted octanol–water partition coefficient (Wildman–Crippen LogP) is 5.09. The summed E-state index contributed by atoms with van der Waals surface area (Å²) < 4.78 is 14.4. The number of thiophene rings is 1. The minimum Gasteiger partial charge on any atom is -0.507 e. The number of aromatic carboxylic acids is 1. The Balaban J connectivity index is 1.71. The van der Waals surface area contributed by atoms with Crippen LogP contribution in [-0.2, 0) is 6.42 Å². The maximum absolute atomic E-state index is 14.4. The van der Waals surface area contributed by atoms with Crippen LogP contribution in [-0.4, -0.2) is 22.1 Å². The van der Waals surface area contributed by atoms with E-state index in [1.807, 2.05) is 12.2 Å². The van der Waals surface area contributed by atoms with E-state index < -0.39 is 17.7 Å². The predicted molar refractivity (Wildman–Crippen MR) is 110 cm³/mol. The number of phenols is 1. The summed E-state index contributed by atoms with van der Waals surface area (Å²) in [7, 11) is 0. The lowest BCUT2D eigenvalue weighted by Crippen LogP contribution is -2.14. The number of nitrogens with one attached hydrogen (secondary N) is 1. The Morgan fingerprint density at radius 2 is 1.97 bits per heavy atom. The number of hydrogen-bond acceptors (Lipinski definition) is 4. The zero-order valence-corrected chi connectivity index (χ0v) is 16.1. The van der Waals surface area contributed by atoms with Crippen molar-refractivity contribution in [2.45, 2.75) is 13.3 Å². The van der Waals surface area contributed by atoms with Gasteiger partial charge in [-0.1, -0.05) is 24.3 Å². The summed E-state index contributed by atoms with van der Waals surface area (Å²) in [5, 5.41) is 24.0. The molecular formula is C22H16FNO4S. The molecule has 1 amide bonds. The van der Waals surface area contributed by atoms with Crippen molar-refractivity contribution in [1.29, 1.82) is 0 Å². The van der Waals surface area contributed by atoms with E-state index in [2.05, 4.69) is 5.32 Å². The third-order valence-electron chi connectivity index (χ3n) is 4.78. The first kappa shape index (κ1) is 18.9. The number of anilines is 1. The SMILES string of the molecule is Cc1ccc(-c2csc(NC(=O)c3cc4c(cc3O)CC=C4)c2C(=O)O)c(F)c1. The van der Waals surface area contributed by atoms with Crippen LogP contribution in [0.1, 0.15) is 37.4 Å². The first-order valence-electron chi connectivity index (χ1n) is 8.80. The lowest BCUT2D eigenvalue weighted by atomic mass is 10.0. The number of phenolic OH excluding ortho intramolecular Hbond substituents is 1. The lowest BCUT2D eigenvalue weighted by molar-refractivity contribution is 0.0699. The molecule has 3 N–H and O–H groups in total. The van der Waals surface area contributed by atoms with Crippen LogP contribution in [0.4, 0.5) is 9.39 Å². The van der Waals surface area contributed by atoms with E-state index in [0.717, 1.165) is 22.5 Å². The van der Waals surface area contributed by atoms with Gasteiger partial charge in [0.1, 0.15) is 22.1 Å². The summed E-state index contributed by atoms with van der Waals surface area (Å²) in [5.74, 6) is -2.63. The molecular weight excluding hydrogens is 393 g/mol. The Kier molecular flexibility index (Phi) is 4.68. The van der Waals surface area contributed by atoms with Gasteiger partial charge in [-0.25, -0.2) is 9.18 Å². The fourth-order valence-corrected chi connectivity index (χ4v) is 4.29. The largest absolute Gasteiger partial charge is 0.507 e. The van der Waals surface area contributed by atoms with Crippen LogP contribution in [0.2, 0.25) is 0 Å². The highest BCUT2D eigenvalue weighted by molar-refractivity contribution is 7.15. The normalized spacial score (nSPS) is 12.1. The maximum Gasteiger partial charge on any atom is 0.339 e. The molecule has 5 nitrogen and oxygen atoms in total. The van der Waals surface area contributed by atoms with Crippen molar-refractivity contribution in [1.82, 2.24) is 0 Å². The minimum absolute atomic E-state index is 0.0445. The van der Waals surface area contributed by atoms with Gasteiger partial charge in [-0.2, -0.15) is 0 Å². The fraction of sp³-hybridized carbons (Fsp3) is 0.0909. The Morgan fingerprint density at radius 3 is 2.69 bits per heavy atom. The lowest BCUT2D eigenvalue weighted by Gasteiger charge is -2.10. The van der Waals surface area contributed by atoms with E-state index in [4.69, 9.17) is 0 Å². The number of carboxylic acid groups (broad SMARTS) is 1. The van der Waals surface area contributed by atoms with Gasteiger partial charge in [0.2, 0.25) is 0 Å². The van der Waals surface area contributed by atoms with Gasteiger partial charge in [0, 0.05) is 16.5 Å². The molecule has 0 saturated heterocycles. The van der Waals surface area contributed by atoms with Gasteiger partial charge in [-0.15, -0.1) is 11.3 Å². The summed E-state index contributed by atoms with van der Waals surface area (Å²) in [6.07, 6.45) is 4.47. The Labute approximate surface area is 169 Å². The zero-order valence-electron chi connectivity index (χ0n) is 15.3. The van der Waals surface area contributed by atoms with Crippen LogP contribution >= 0.6 is 11.3 Å². The number of halogens is 1. The molecule has 146 valence electrons. The van der Waals surface area contributed by atoms with Crippen LogP contribution in [0.25, 0.3) is 17.2 Å². The van der Waals surface area contributed by atoms with Crippen molar-refractivity contribution in [2.24, 2.45) is 0 Å². The second-order valence-corrected chi connectivity index (χ2v) is 7.65. The molecule has 0 unspecified atom stereocenters. The van der Waals surface area contributed by atoms with Crippen LogP contribution in [0.3, 0.4) is 0 Å². The number of aromatic hydroxyl groups is 1. The van der Waals surface area contributed by atoms with Gasteiger partial charge in [0.05, 0.1) is 5.56 Å². The highest BCUT2D eigenvalue weighted by atomic mass is 32.1. The quantitative estimate of drug-likeness (QED) is 0.560. The Bertz CT molecular complexity index is 1200. The van der Waals surface area contributed by atoms with Crippen LogP contribution in [0.15, 0.2) is 41.8 Å². The molecule has 4 rings (SSSR count). The number of benzene rings is 2. The first-order valence-corrected chi connectivity index (χ1v) is 9.68. The maximum atomic E-state index is 14.4. The van der Waals surface area contributed by atoms with E-state index >= 15 is 0 Å². The van der Waals surface area contributed by atoms with Crippen LogP contribution in [0, 0.1) is 12.7 Å². The summed E-state index contributed by atoms with van der Waals surface area (Å²) in [4.78, 5) is 24.6. The molecule has 0 aliphatic heterocycles. The number of aryl methyl sites for hydroxylation is 1. The molecule has 0 saturated carbocycles. The van der Waals surface area contributed by atoms with E-state index in [9.17, 15) is 24.2 Å². The summed E-state index contributed by atoms with van der Waals surface area (Å²) >= 11 is 0.991. The fourth-order valence-electron chi connectivity index (χ4n) is 3.34. The van der Waals surface area contributed by atoms with Gasteiger partial charge >= 0.3 is 5.97 Å². The second kappa shape index (κ2) is 7.18. The Morgan fingerprint density at radius 1 is 1.17 bits per heavy atom. The van der Waals surface area contributed by atoms with Crippen molar-refractivity contribution in [3.63, 3.8) is 0 Å². The molecule has 2 aromatic carbocycles. The smallest absolute Gasteiger partial charge is 0.339 e. The average molecular weight is 409 g/mol. The third-order valence-corrected chi connectivity index (χ3v) is 5.68. The second-order valence-electron chi connectivity index (χ2n) is 6.77. The van der Waals surface area contributed by atoms with Gasteiger partial charge in [0.15, 0.2) is 0 Å². The number of hydrogen-bond donors (Lipinski definition) is 3. The molecule has 1 aliphatic rings. The number of carbonyl (C=O) groups excluding carboxylic acids is 1. The van der Waals surface area contributed by atoms with Crippen LogP contribution < -0.4 is 5.32 Å². The topological polar surface area (TPSA) is 86.6 Å². The number of fused-ring (bicyclic) bond motifs is 1. The van der Waals surface area contributed by atoms with Gasteiger partial charge < -0.3 is 15.5 Å². The monoisotopic (exact) mass is 409 g/mol. The zero-order chi connectivity index (χ0) is 20.7. The van der Waals surface area contributed by atoms with Crippen molar-refractivity contribution >= 4 is 34.3 Å². The number of rotatable bonds is 4. The molecule has 0 radical (unpaired) electrons. The standard InChI is InChI=1S/C22H16FNO4S/c1-11-5-6-14(17(23)7-11)16-10-29-21(19(16)22(27)28)24-20(26)15-8-12-3-2-4-13(12)9-18(15)25/h2-3,5-10,25H,4H2,1H3,(H,24,26)(H,27,28). The van der Waals surface area contributed by atoms with Crippen molar-refractivity contribution < 1.29 is 24.2 Å². The van der Waals surface area contributed by atoms with E-state index in [0.29, 0.717) is 12.0 Å². The molecule has 1 aromatic heterocycles. The third kappa shape index (κ3) is 3.40. The van der Waals surface area contributed by atoms with Crippen molar-refractivity contribution in [3.05, 3.63) is 75.4 Å². The number of allylic oxidation sites excluding steroid dienone is 1. The van der Waals surface area contributed by atoms with Gasteiger partial charge in [-0.05, 0) is 48.2 Å². The minimum atomic E-state index is -1.28. The van der Waals surface area contributed by atoms with E-state index in [-0.39, 0.29) is 33.0 Å². The molecule has 0 spiro atoms. The molecule has 1 aliphatic carbocycles. The molecule has 0 bridgehead atoms. The number of amides is 1. The Hall–Kier alpha value is -3.45. The average Bonchev–Trinajstić information content (AvgIpc) is 3.27. The van der Waals surface area contributed by atoms with Crippen molar-refractivity contribution in [2.75, 3.05) is 5.32 Å². The highest BCUT2D eigenvalue weighted by Crippen LogP contribution is 2.38. The van der Waals surface area contributed by atoms with Gasteiger partial charge in [0.25, 0.3) is 5.91 Å². The number of carboxylic acids is 1. The highest BCUT2D eigenvalue weighted by Gasteiger charge is 2.24. The number of carbonyl (C=O) groups is 2. The molecule has 29 heavy (non-hydrogen) atoms. The van der Waals surface area contributed by atoms with Crippen LogP contribution in [0.5, 0.6) is 5.75 Å². The first-order chi connectivity index (χ1) is 13.8. The summed E-state index contributed by atoms with van der Waals surface area (Å²) in [6, 6.07) is 7.63. The van der Waals surface area contributed by atoms with E-state index in [1.54, 1.807) is 19.1 Å². The molecule has 7 heteroatoms. The van der Waals surface area contributed by atoms with Gasteiger partial charge in [-0.3, -0.25) is 4.79 Å². The molecule has 1 heterocycles. The summed E-state index contributed by atoms with van der Waals surface area (Å²) in [5.41, 5.74) is 2.66. The van der Waals surface area contributed by atoms with E-state index in [1.165, 1.54) is 23.6 Å². The summed E-state index contributed by atoms with van der Waals surface area (Å²) in [6.45, 7) is 1.74.